The summed E-state index contributed by atoms with van der Waals surface area (Å²) in [6.07, 6.45) is 0. The van der Waals surface area contributed by atoms with Crippen LogP contribution in [0, 0.1) is 12.8 Å². The van der Waals surface area contributed by atoms with Gasteiger partial charge in [0.05, 0.1) is 17.7 Å². The van der Waals surface area contributed by atoms with Gasteiger partial charge in [-0.1, -0.05) is 13.8 Å². The molecular formula is C20H23N3O6S2. The maximum absolute atomic E-state index is 12.7. The molecule has 1 atom stereocenters. The van der Waals surface area contributed by atoms with Crippen molar-refractivity contribution < 1.29 is 22.7 Å². The number of aryl methyl sites for hydroxylation is 1. The van der Waals surface area contributed by atoms with Crippen molar-refractivity contribution in [1.82, 2.24) is 14.1 Å². The van der Waals surface area contributed by atoms with Gasteiger partial charge in [-0.25, -0.2) is 13.4 Å². The molecule has 2 aromatic heterocycles. The van der Waals surface area contributed by atoms with Crippen molar-refractivity contribution in [2.75, 3.05) is 7.11 Å². The summed E-state index contributed by atoms with van der Waals surface area (Å²) in [5.41, 5.74) is 0.796. The number of carbonyl (C=O) groups is 1. The third kappa shape index (κ3) is 5.12. The quantitative estimate of drug-likeness (QED) is 0.507. The molecule has 0 spiro atoms. The van der Waals surface area contributed by atoms with Crippen LogP contribution in [0.25, 0.3) is 4.96 Å². The lowest BCUT2D eigenvalue weighted by molar-refractivity contribution is -0.148. The molecule has 0 fully saturated rings. The molecule has 1 N–H and O–H groups in total. The molecule has 0 radical (unpaired) electrons. The van der Waals surface area contributed by atoms with E-state index in [0.717, 1.165) is 5.69 Å². The van der Waals surface area contributed by atoms with E-state index in [1.165, 1.54) is 53.2 Å². The highest BCUT2D eigenvalue weighted by molar-refractivity contribution is 7.89. The molecule has 1 unspecified atom stereocenters. The maximum Gasteiger partial charge on any atom is 0.324 e. The fourth-order valence-corrected chi connectivity index (χ4v) is 5.08. The number of benzene rings is 1. The summed E-state index contributed by atoms with van der Waals surface area (Å²) in [7, 11) is -2.48. The smallest absolute Gasteiger partial charge is 0.324 e. The lowest BCUT2D eigenvalue weighted by Gasteiger charge is -2.20. The Balaban J connectivity index is 1.73. The first kappa shape index (κ1) is 22.9. The zero-order valence-corrected chi connectivity index (χ0v) is 19.1. The number of rotatable bonds is 8. The van der Waals surface area contributed by atoms with Crippen molar-refractivity contribution in [1.29, 1.82) is 0 Å². The highest BCUT2D eigenvalue weighted by Crippen LogP contribution is 2.18. The molecule has 3 aromatic rings. The molecule has 0 bridgehead atoms. The minimum Gasteiger partial charge on any atom is -0.497 e. The molecule has 0 aliphatic carbocycles. The number of methoxy groups -OCH3 is 1. The van der Waals surface area contributed by atoms with Crippen molar-refractivity contribution in [3.63, 3.8) is 0 Å². The standard InChI is InChI=1S/C20H23N3O6S2/c1-12(2)18(22-31(26,27)16-7-5-15(28-4)6-8-16)19(25)29-10-14-9-17(24)23-13(3)11-30-20(23)21-14/h5-9,11-12,18,22H,10H2,1-4H3. The van der Waals surface area contributed by atoms with Gasteiger partial charge in [0.2, 0.25) is 10.0 Å². The zero-order valence-electron chi connectivity index (χ0n) is 17.5. The number of sulfonamides is 1. The summed E-state index contributed by atoms with van der Waals surface area (Å²) in [5, 5.41) is 1.81. The highest BCUT2D eigenvalue weighted by atomic mass is 32.2. The largest absolute Gasteiger partial charge is 0.497 e. The van der Waals surface area contributed by atoms with Gasteiger partial charge in [-0.15, -0.1) is 11.3 Å². The second-order valence-corrected chi connectivity index (χ2v) is 9.76. The van der Waals surface area contributed by atoms with E-state index in [2.05, 4.69) is 9.71 Å². The predicted octanol–water partition coefficient (Wildman–Crippen LogP) is 2.12. The fourth-order valence-electron chi connectivity index (χ4n) is 2.86. The van der Waals surface area contributed by atoms with E-state index in [4.69, 9.17) is 9.47 Å². The van der Waals surface area contributed by atoms with Crippen LogP contribution in [0.3, 0.4) is 0 Å². The summed E-state index contributed by atoms with van der Waals surface area (Å²) in [6, 6.07) is 6.00. The Morgan fingerprint density at radius 3 is 2.55 bits per heavy atom. The molecule has 9 nitrogen and oxygen atoms in total. The van der Waals surface area contributed by atoms with Gasteiger partial charge in [0, 0.05) is 17.1 Å². The lowest BCUT2D eigenvalue weighted by atomic mass is 10.1. The zero-order chi connectivity index (χ0) is 22.8. The molecule has 11 heteroatoms. The number of carbonyl (C=O) groups excluding carboxylic acids is 1. The van der Waals surface area contributed by atoms with Crippen LogP contribution in [0.1, 0.15) is 25.2 Å². The van der Waals surface area contributed by atoms with Crippen LogP contribution in [0.4, 0.5) is 0 Å². The summed E-state index contributed by atoms with van der Waals surface area (Å²) < 4.78 is 39.6. The fraction of sp³-hybridized carbons (Fsp3) is 0.350. The van der Waals surface area contributed by atoms with Crippen LogP contribution in [-0.4, -0.2) is 36.9 Å². The van der Waals surface area contributed by atoms with E-state index in [-0.39, 0.29) is 23.0 Å². The minimum atomic E-state index is -3.96. The summed E-state index contributed by atoms with van der Waals surface area (Å²) in [5.74, 6) is -0.613. The van der Waals surface area contributed by atoms with Crippen molar-refractivity contribution in [2.24, 2.45) is 5.92 Å². The number of esters is 1. The number of ether oxygens (including phenoxy) is 2. The van der Waals surface area contributed by atoms with Crippen LogP contribution in [0.5, 0.6) is 5.75 Å². The van der Waals surface area contributed by atoms with Gasteiger partial charge in [0.15, 0.2) is 4.96 Å². The van der Waals surface area contributed by atoms with E-state index in [1.54, 1.807) is 20.8 Å². The summed E-state index contributed by atoms with van der Waals surface area (Å²) in [4.78, 5) is 29.7. The van der Waals surface area contributed by atoms with Crippen LogP contribution in [-0.2, 0) is 26.2 Å². The van der Waals surface area contributed by atoms with Gasteiger partial charge >= 0.3 is 5.97 Å². The third-order valence-electron chi connectivity index (χ3n) is 4.56. The number of hydrogen-bond acceptors (Lipinski definition) is 8. The minimum absolute atomic E-state index is 0.0000417. The number of aromatic nitrogens is 2. The average molecular weight is 466 g/mol. The molecule has 2 heterocycles. The normalized spacial score (nSPS) is 12.8. The van der Waals surface area contributed by atoms with E-state index in [1.807, 2.05) is 5.38 Å². The first-order valence-electron chi connectivity index (χ1n) is 9.42. The second kappa shape index (κ2) is 9.16. The maximum atomic E-state index is 12.7. The molecule has 0 saturated carbocycles. The molecule has 1 aromatic carbocycles. The molecule has 3 rings (SSSR count). The number of nitrogens with zero attached hydrogens (tertiary/aromatic N) is 2. The summed E-state index contributed by atoms with van der Waals surface area (Å²) in [6.45, 7) is 4.96. The van der Waals surface area contributed by atoms with Gasteiger partial charge in [0.25, 0.3) is 5.56 Å². The van der Waals surface area contributed by atoms with Crippen molar-refractivity contribution in [2.45, 2.75) is 38.3 Å². The van der Waals surface area contributed by atoms with E-state index < -0.39 is 22.0 Å². The SMILES string of the molecule is COc1ccc(S(=O)(=O)NC(C(=O)OCc2cc(=O)n3c(C)csc3n2)C(C)C)cc1. The number of fused-ring (bicyclic) bond motifs is 1. The van der Waals surface area contributed by atoms with Crippen molar-refractivity contribution in [3.8, 4) is 5.75 Å². The Morgan fingerprint density at radius 2 is 1.94 bits per heavy atom. The molecule has 0 amide bonds. The molecule has 0 aliphatic heterocycles. The molecule has 0 aliphatic rings. The Bertz CT molecular complexity index is 1250. The number of thiazole rings is 1. The van der Waals surface area contributed by atoms with Crippen LogP contribution in [0.2, 0.25) is 0 Å². The van der Waals surface area contributed by atoms with Gasteiger partial charge in [-0.05, 0) is 37.1 Å². The molecule has 166 valence electrons. The van der Waals surface area contributed by atoms with Gasteiger partial charge < -0.3 is 9.47 Å². The van der Waals surface area contributed by atoms with Gasteiger partial charge in [-0.2, -0.15) is 4.72 Å². The molecule has 0 saturated heterocycles. The molecule has 31 heavy (non-hydrogen) atoms. The number of nitrogens with one attached hydrogen (secondary N) is 1. The van der Waals surface area contributed by atoms with Gasteiger partial charge in [-0.3, -0.25) is 14.0 Å². The van der Waals surface area contributed by atoms with Crippen LogP contribution < -0.4 is 15.0 Å². The third-order valence-corrected chi connectivity index (χ3v) is 6.96. The second-order valence-electron chi connectivity index (χ2n) is 7.21. The van der Waals surface area contributed by atoms with Crippen LogP contribution >= 0.6 is 11.3 Å². The van der Waals surface area contributed by atoms with Crippen LogP contribution in [0.15, 0.2) is 45.4 Å². The summed E-state index contributed by atoms with van der Waals surface area (Å²) >= 11 is 1.31. The Kier molecular flexibility index (Phi) is 6.77. The molecular weight excluding hydrogens is 442 g/mol. The van der Waals surface area contributed by atoms with E-state index in [0.29, 0.717) is 16.4 Å². The van der Waals surface area contributed by atoms with E-state index >= 15 is 0 Å². The first-order valence-corrected chi connectivity index (χ1v) is 11.8. The highest BCUT2D eigenvalue weighted by Gasteiger charge is 2.30. The van der Waals surface area contributed by atoms with Gasteiger partial charge in [0.1, 0.15) is 18.4 Å². The topological polar surface area (TPSA) is 116 Å². The van der Waals surface area contributed by atoms with Crippen molar-refractivity contribution in [3.05, 3.63) is 57.5 Å². The average Bonchev–Trinajstić information content (AvgIpc) is 3.11. The Hall–Kier alpha value is -2.76. The monoisotopic (exact) mass is 465 g/mol. The van der Waals surface area contributed by atoms with E-state index in [9.17, 15) is 18.0 Å². The first-order chi connectivity index (χ1) is 14.6. The predicted molar refractivity (Wildman–Crippen MR) is 116 cm³/mol. The lowest BCUT2D eigenvalue weighted by Crippen LogP contribution is -2.45. The Morgan fingerprint density at radius 1 is 1.26 bits per heavy atom. The van der Waals surface area contributed by atoms with Crippen molar-refractivity contribution >= 4 is 32.3 Å². The number of hydrogen-bond donors (Lipinski definition) is 1. The Labute approximate surface area is 183 Å².